The number of nitrogens with zero attached hydrogens (tertiary/aromatic N) is 6. The average Bonchev–Trinajstić information content (AvgIpc) is 4.08. The maximum absolute atomic E-state index is 12.7. The van der Waals surface area contributed by atoms with Gasteiger partial charge in [0.15, 0.2) is 0 Å². The first-order valence-corrected chi connectivity index (χ1v) is 20.6. The first-order valence-electron chi connectivity index (χ1n) is 19.5. The molecule has 55 heavy (non-hydrogen) atoms. The van der Waals surface area contributed by atoms with Crippen molar-refractivity contribution < 1.29 is 14.3 Å². The number of methoxy groups -OCH3 is 1. The molecule has 7 rings (SSSR count). The summed E-state index contributed by atoms with van der Waals surface area (Å²) in [7, 11) is 1.60. The third-order valence-electron chi connectivity index (χ3n) is 9.96. The van der Waals surface area contributed by atoms with Crippen LogP contribution in [0.3, 0.4) is 0 Å². The molecule has 0 spiro atoms. The smallest absolute Gasteiger partial charge is 0.415 e. The number of pyridine rings is 2. The monoisotopic (exact) mass is 816 g/mol. The van der Waals surface area contributed by atoms with E-state index in [0.29, 0.717) is 33.5 Å². The molecule has 2 saturated heterocycles. The van der Waals surface area contributed by atoms with Crippen molar-refractivity contribution in [3.63, 3.8) is 0 Å². The van der Waals surface area contributed by atoms with Gasteiger partial charge in [-0.2, -0.15) is 0 Å². The molecule has 3 aromatic rings. The highest BCUT2D eigenvalue weighted by Gasteiger charge is 2.30. The summed E-state index contributed by atoms with van der Waals surface area (Å²) in [6, 6.07) is 12.0. The minimum atomic E-state index is -0.640. The number of amides is 1. The van der Waals surface area contributed by atoms with Gasteiger partial charge in [0.05, 0.1) is 35.1 Å². The Kier molecular flexibility index (Phi) is 15.6. The minimum absolute atomic E-state index is 0.239. The Hall–Kier alpha value is -3.06. The normalized spacial score (nSPS) is 20.4. The van der Waals surface area contributed by atoms with Gasteiger partial charge in [-0.3, -0.25) is 9.80 Å². The molecule has 0 unspecified atom stereocenters. The number of nitrogens with one attached hydrogen (secondary N) is 1. The second kappa shape index (κ2) is 19.9. The number of aromatic nitrogens is 2. The number of nitrogens with two attached hydrogens (primary N) is 1. The molecule has 14 heteroatoms. The lowest BCUT2D eigenvalue weighted by atomic mass is 10.1. The van der Waals surface area contributed by atoms with Gasteiger partial charge in [0.1, 0.15) is 22.3 Å². The number of piperazine rings is 2. The second-order valence-corrected chi connectivity index (χ2v) is 17.4. The highest BCUT2D eigenvalue weighted by atomic mass is 35.5. The van der Waals surface area contributed by atoms with Gasteiger partial charge >= 0.3 is 6.09 Å². The van der Waals surface area contributed by atoms with Crippen LogP contribution in [0.1, 0.15) is 65.9 Å². The first-order chi connectivity index (χ1) is 26.2. The van der Waals surface area contributed by atoms with E-state index >= 15 is 0 Å². The van der Waals surface area contributed by atoms with Gasteiger partial charge in [-0.25, -0.2) is 14.8 Å². The molecule has 11 nitrogen and oxygen atoms in total. The van der Waals surface area contributed by atoms with Crippen LogP contribution in [0.4, 0.5) is 22.0 Å². The lowest BCUT2D eigenvalue weighted by Crippen LogP contribution is -2.52. The summed E-state index contributed by atoms with van der Waals surface area (Å²) in [5, 5.41) is 4.54. The van der Waals surface area contributed by atoms with Crippen LogP contribution < -0.4 is 25.6 Å². The van der Waals surface area contributed by atoms with E-state index in [1.807, 2.05) is 30.3 Å². The topological polar surface area (TPSA) is 112 Å². The van der Waals surface area contributed by atoms with E-state index in [9.17, 15) is 4.79 Å². The van der Waals surface area contributed by atoms with Crippen LogP contribution >= 0.6 is 34.8 Å². The van der Waals surface area contributed by atoms with Crippen molar-refractivity contribution in [2.45, 2.75) is 84.5 Å². The van der Waals surface area contributed by atoms with Gasteiger partial charge in [-0.1, -0.05) is 46.9 Å². The third kappa shape index (κ3) is 14.1. The summed E-state index contributed by atoms with van der Waals surface area (Å²) in [6.07, 6.45) is 8.34. The summed E-state index contributed by atoms with van der Waals surface area (Å²) < 4.78 is 10.7. The molecule has 4 aliphatic rings. The predicted octanol–water partition coefficient (Wildman–Crippen LogP) is 8.27. The van der Waals surface area contributed by atoms with Crippen LogP contribution in [0.2, 0.25) is 15.2 Å². The lowest BCUT2D eigenvalue weighted by molar-refractivity contribution is 0.0577. The Bertz CT molecular complexity index is 1680. The molecule has 0 bridgehead atoms. The second-order valence-electron chi connectivity index (χ2n) is 16.2. The minimum Gasteiger partial charge on any atom is -0.497 e. The van der Waals surface area contributed by atoms with Crippen molar-refractivity contribution >= 4 is 58.1 Å². The average molecular weight is 818 g/mol. The fourth-order valence-corrected chi connectivity index (χ4v) is 7.20. The molecular weight excluding hydrogens is 759 g/mol. The zero-order chi connectivity index (χ0) is 39.7. The van der Waals surface area contributed by atoms with Crippen LogP contribution in [-0.4, -0.2) is 103 Å². The molecule has 3 N–H and O–H groups in total. The van der Waals surface area contributed by atoms with E-state index < -0.39 is 11.7 Å². The van der Waals surface area contributed by atoms with E-state index in [0.717, 1.165) is 48.6 Å². The highest BCUT2D eigenvalue weighted by Crippen LogP contribution is 2.33. The van der Waals surface area contributed by atoms with E-state index in [1.54, 1.807) is 34.1 Å². The summed E-state index contributed by atoms with van der Waals surface area (Å²) in [5.41, 5.74) is 7.16. The van der Waals surface area contributed by atoms with Crippen LogP contribution in [0.5, 0.6) is 5.75 Å². The van der Waals surface area contributed by atoms with Crippen LogP contribution in [-0.2, 0) is 11.3 Å². The Morgan fingerprint density at radius 1 is 0.909 bits per heavy atom. The number of hydrogen-bond donors (Lipinski definition) is 2. The molecule has 0 radical (unpaired) electrons. The number of nitrogen functional groups attached to an aromatic ring is 1. The van der Waals surface area contributed by atoms with Gasteiger partial charge in [-0.05, 0) is 89.8 Å². The van der Waals surface area contributed by atoms with Crippen molar-refractivity contribution in [3.05, 3.63) is 69.6 Å². The maximum atomic E-state index is 12.7. The molecule has 2 aliphatic heterocycles. The number of ether oxygens (including phenoxy) is 2. The molecule has 2 saturated carbocycles. The molecule has 1 amide bonds. The molecule has 4 heterocycles. The van der Waals surface area contributed by atoms with Crippen molar-refractivity contribution in [2.75, 3.05) is 75.0 Å². The molecular formula is C41H59Cl3N8O3. The molecule has 4 fully saturated rings. The molecule has 302 valence electrons. The van der Waals surface area contributed by atoms with Gasteiger partial charge in [0, 0.05) is 89.0 Å². The van der Waals surface area contributed by atoms with Crippen LogP contribution in [0.15, 0.2) is 48.8 Å². The van der Waals surface area contributed by atoms with E-state index in [4.69, 9.17) is 50.0 Å². The SMILES string of the molecule is COc1ccc(CN(C(=O)OC(C)(C)C)c2cc(Cl)ncc2Cl)cc1.C[C@H]1CN(CC2CC2)CCN1.C[C@H]1CN(CC2CC2)CCN1c1cc(N)c(Cl)cn1. The Morgan fingerprint density at radius 2 is 1.55 bits per heavy atom. The van der Waals surface area contributed by atoms with Gasteiger partial charge in [0.25, 0.3) is 0 Å². The highest BCUT2D eigenvalue weighted by molar-refractivity contribution is 6.35. The van der Waals surface area contributed by atoms with Gasteiger partial charge < -0.3 is 30.3 Å². The fourth-order valence-electron chi connectivity index (χ4n) is 6.74. The Labute approximate surface area is 342 Å². The Balaban J connectivity index is 0.000000169. The molecule has 2 aliphatic carbocycles. The van der Waals surface area contributed by atoms with E-state index in [-0.39, 0.29) is 11.7 Å². The maximum Gasteiger partial charge on any atom is 0.415 e. The van der Waals surface area contributed by atoms with Crippen molar-refractivity contribution in [1.29, 1.82) is 0 Å². The first kappa shape index (κ1) is 43.1. The summed E-state index contributed by atoms with van der Waals surface area (Å²) >= 11 is 18.1. The summed E-state index contributed by atoms with van der Waals surface area (Å²) in [4.78, 5) is 30.0. The van der Waals surface area contributed by atoms with Crippen molar-refractivity contribution in [3.8, 4) is 5.75 Å². The number of halogens is 3. The molecule has 2 atom stereocenters. The zero-order valence-corrected chi connectivity index (χ0v) is 35.5. The standard InChI is InChI=1S/C18H20Cl2N2O3.C14H21ClN4.C9H18N2/c1-18(2,3)25-17(23)22(15-9-16(20)21-10-14(15)19)11-12-5-7-13(24-4)8-6-12;1-10-8-18(9-11-2-3-11)4-5-19(10)14-6-13(16)12(15)7-17-14;1-8-6-11(5-4-10-8)7-9-2-3-9/h5-10H,11H2,1-4H3;6-7,10-11H,2-5,8-9H2,1H3,(H2,16,17);8-10H,2-7H2,1H3/t;10-;8-/m.00/s1. The molecule has 1 aromatic carbocycles. The number of carbonyl (C=O) groups is 1. The van der Waals surface area contributed by atoms with Gasteiger partial charge in [0.2, 0.25) is 0 Å². The number of hydrogen-bond acceptors (Lipinski definition) is 10. The van der Waals surface area contributed by atoms with Crippen LogP contribution in [0.25, 0.3) is 0 Å². The number of benzene rings is 1. The van der Waals surface area contributed by atoms with Crippen molar-refractivity contribution in [2.24, 2.45) is 11.8 Å². The van der Waals surface area contributed by atoms with Crippen molar-refractivity contribution in [1.82, 2.24) is 25.1 Å². The summed E-state index contributed by atoms with van der Waals surface area (Å²) in [5.74, 6) is 3.70. The quantitative estimate of drug-likeness (QED) is 0.205. The molecule has 2 aromatic heterocycles. The fraction of sp³-hybridized carbons (Fsp3) is 0.585. The lowest BCUT2D eigenvalue weighted by Gasteiger charge is -2.40. The summed E-state index contributed by atoms with van der Waals surface area (Å²) in [6.45, 7) is 19.8. The van der Waals surface area contributed by atoms with E-state index in [2.05, 4.69) is 43.8 Å². The zero-order valence-electron chi connectivity index (χ0n) is 33.2. The Morgan fingerprint density at radius 3 is 2.11 bits per heavy atom. The number of carbonyl (C=O) groups excluding carboxylic acids is 1. The largest absolute Gasteiger partial charge is 0.497 e. The third-order valence-corrected chi connectivity index (χ3v) is 10.8. The number of rotatable bonds is 9. The predicted molar refractivity (Wildman–Crippen MR) is 226 cm³/mol. The van der Waals surface area contributed by atoms with Crippen LogP contribution in [0, 0.1) is 11.8 Å². The van der Waals surface area contributed by atoms with E-state index in [1.165, 1.54) is 75.6 Å². The number of anilines is 3. The van der Waals surface area contributed by atoms with Gasteiger partial charge in [-0.15, -0.1) is 0 Å².